The molecule has 0 radical (unpaired) electrons. The van der Waals surface area contributed by atoms with Gasteiger partial charge in [-0.1, -0.05) is 26.7 Å². The third-order valence-corrected chi connectivity index (χ3v) is 1.74. The van der Waals surface area contributed by atoms with Gasteiger partial charge in [-0.3, -0.25) is 11.3 Å². The van der Waals surface area contributed by atoms with Crippen molar-refractivity contribution in [1.82, 2.24) is 5.43 Å². The molecule has 6 nitrogen and oxygen atoms in total. The Balaban J connectivity index is -0.000000216. The summed E-state index contributed by atoms with van der Waals surface area (Å²) in [6.45, 7) is 4.15. The molecule has 0 amide bonds. The molecule has 0 aromatic rings. The van der Waals surface area contributed by atoms with Crippen molar-refractivity contribution < 1.29 is 9.90 Å². The molecule has 1 unspecified atom stereocenters. The van der Waals surface area contributed by atoms with Gasteiger partial charge in [0.15, 0.2) is 6.23 Å². The molecular formula is C12H30N4O2. The number of azo groups is 1. The van der Waals surface area contributed by atoms with E-state index in [1.165, 1.54) is 0 Å². The van der Waals surface area contributed by atoms with E-state index in [1.807, 2.05) is 0 Å². The summed E-state index contributed by atoms with van der Waals surface area (Å²) in [5.41, 5.74) is 2.25. The highest BCUT2D eigenvalue weighted by molar-refractivity contribution is 5.48. The van der Waals surface area contributed by atoms with Crippen LogP contribution in [0.5, 0.6) is 0 Å². The maximum Gasteiger partial charge on any atom is 0.165 e. The van der Waals surface area contributed by atoms with Gasteiger partial charge >= 0.3 is 0 Å². The number of hydrogen-bond acceptors (Lipinski definition) is 6. The van der Waals surface area contributed by atoms with E-state index in [1.54, 1.807) is 14.1 Å². The van der Waals surface area contributed by atoms with Crippen LogP contribution in [0.25, 0.3) is 0 Å². The maximum atomic E-state index is 9.56. The van der Waals surface area contributed by atoms with Crippen molar-refractivity contribution in [3.63, 3.8) is 0 Å². The predicted molar refractivity (Wildman–Crippen MR) is 75.1 cm³/mol. The second kappa shape index (κ2) is 25.1. The average molecular weight is 262 g/mol. The van der Waals surface area contributed by atoms with Crippen LogP contribution in [-0.4, -0.2) is 31.7 Å². The van der Waals surface area contributed by atoms with Crippen molar-refractivity contribution >= 4 is 6.29 Å². The Bertz CT molecular complexity index is 166. The summed E-state index contributed by atoms with van der Waals surface area (Å²) in [6, 6.07) is 0. The molecule has 1 atom stereocenters. The highest BCUT2D eigenvalue weighted by Crippen LogP contribution is 2.00. The lowest BCUT2D eigenvalue weighted by atomic mass is 10.2. The summed E-state index contributed by atoms with van der Waals surface area (Å²) in [4.78, 5) is 9.56. The number of nitrogens with two attached hydrogens (primary N) is 1. The van der Waals surface area contributed by atoms with Gasteiger partial charge in [-0.05, 0) is 26.3 Å². The van der Waals surface area contributed by atoms with Crippen LogP contribution in [0.4, 0.5) is 0 Å². The van der Waals surface area contributed by atoms with E-state index in [0.717, 1.165) is 44.8 Å². The number of aldehydes is 1. The largest absolute Gasteiger partial charge is 0.370 e. The van der Waals surface area contributed by atoms with Gasteiger partial charge in [-0.2, -0.15) is 10.2 Å². The minimum absolute atomic E-state index is 0.574. The fourth-order valence-corrected chi connectivity index (χ4v) is 0.865. The number of carbonyl (C=O) groups is 1. The first-order chi connectivity index (χ1) is 8.64. The van der Waals surface area contributed by atoms with Crippen molar-refractivity contribution in [1.29, 1.82) is 0 Å². The normalized spacial score (nSPS) is 11.0. The number of hydrogen-bond donors (Lipinski definition) is 3. The van der Waals surface area contributed by atoms with Gasteiger partial charge in [0, 0.05) is 13.5 Å². The second-order valence-corrected chi connectivity index (χ2v) is 3.54. The van der Waals surface area contributed by atoms with Crippen LogP contribution in [0.3, 0.4) is 0 Å². The first-order valence-electron chi connectivity index (χ1n) is 6.42. The molecule has 0 rings (SSSR count). The third kappa shape index (κ3) is 36.2. The van der Waals surface area contributed by atoms with E-state index >= 15 is 0 Å². The molecule has 0 aliphatic carbocycles. The number of aliphatic hydroxyl groups is 1. The highest BCUT2D eigenvalue weighted by Gasteiger charge is 1.96. The Morgan fingerprint density at radius 2 is 1.83 bits per heavy atom. The van der Waals surface area contributed by atoms with E-state index in [-0.39, 0.29) is 0 Å². The zero-order valence-electron chi connectivity index (χ0n) is 12.2. The van der Waals surface area contributed by atoms with Crippen molar-refractivity contribution in [2.75, 3.05) is 14.1 Å². The molecular weight excluding hydrogens is 232 g/mol. The molecule has 0 bridgehead atoms. The number of carbonyl (C=O) groups excluding carboxylic acids is 1. The van der Waals surface area contributed by atoms with Crippen molar-refractivity contribution in [3.8, 4) is 0 Å². The average Bonchev–Trinajstić information content (AvgIpc) is 2.36. The first kappa shape index (κ1) is 22.3. The van der Waals surface area contributed by atoms with Crippen molar-refractivity contribution in [2.45, 2.75) is 58.6 Å². The van der Waals surface area contributed by atoms with E-state index in [2.05, 4.69) is 35.3 Å². The van der Waals surface area contributed by atoms with E-state index < -0.39 is 6.23 Å². The fraction of sp³-hybridized carbons (Fsp3) is 0.917. The van der Waals surface area contributed by atoms with Gasteiger partial charge in [-0.25, -0.2) is 0 Å². The molecule has 18 heavy (non-hydrogen) atoms. The summed E-state index contributed by atoms with van der Waals surface area (Å²) in [6.07, 6.45) is 6.13. The summed E-state index contributed by atoms with van der Waals surface area (Å²) < 4.78 is 0. The third-order valence-electron chi connectivity index (χ3n) is 1.74. The topological polar surface area (TPSA) is 100 Å². The quantitative estimate of drug-likeness (QED) is 0.215. The molecule has 0 heterocycles. The molecule has 4 N–H and O–H groups in total. The van der Waals surface area contributed by atoms with Crippen molar-refractivity contribution in [2.24, 2.45) is 16.1 Å². The van der Waals surface area contributed by atoms with E-state index in [0.29, 0.717) is 0 Å². The second-order valence-electron chi connectivity index (χ2n) is 3.54. The van der Waals surface area contributed by atoms with Crippen LogP contribution in [0.2, 0.25) is 0 Å². The maximum absolute atomic E-state index is 9.56. The van der Waals surface area contributed by atoms with Crippen LogP contribution >= 0.6 is 0 Å². The molecule has 0 spiro atoms. The number of unbranched alkanes of at least 4 members (excludes halogenated alkanes) is 3. The summed E-state index contributed by atoms with van der Waals surface area (Å²) in [5, 5.41) is 15.9. The summed E-state index contributed by atoms with van der Waals surface area (Å²) in [5.74, 6) is 4.60. The molecule has 0 fully saturated rings. The van der Waals surface area contributed by atoms with Gasteiger partial charge in [0.2, 0.25) is 0 Å². The Morgan fingerprint density at radius 1 is 1.33 bits per heavy atom. The molecule has 0 aromatic heterocycles. The summed E-state index contributed by atoms with van der Waals surface area (Å²) in [7, 11) is 3.22. The molecule has 110 valence electrons. The van der Waals surface area contributed by atoms with Gasteiger partial charge in [0.05, 0.1) is 0 Å². The monoisotopic (exact) mass is 262 g/mol. The van der Waals surface area contributed by atoms with Gasteiger partial charge in [0.25, 0.3) is 0 Å². The Kier molecular flexibility index (Phi) is 31.2. The number of aliphatic hydroxyl groups excluding tert-OH is 1. The lowest BCUT2D eigenvalue weighted by molar-refractivity contribution is -0.107. The minimum atomic E-state index is -0.574. The van der Waals surface area contributed by atoms with Gasteiger partial charge in [0.1, 0.15) is 6.29 Å². The molecule has 0 aliphatic heterocycles. The number of nitrogens with zero attached hydrogens (tertiary/aromatic N) is 2. The van der Waals surface area contributed by atoms with Crippen LogP contribution in [-0.2, 0) is 4.79 Å². The number of nitrogens with one attached hydrogen (secondary N) is 1. The van der Waals surface area contributed by atoms with Gasteiger partial charge in [-0.15, -0.1) is 0 Å². The smallest absolute Gasteiger partial charge is 0.165 e. The summed E-state index contributed by atoms with van der Waals surface area (Å²) >= 11 is 0. The lowest BCUT2D eigenvalue weighted by Crippen LogP contribution is -2.13. The van der Waals surface area contributed by atoms with Crippen LogP contribution in [0.1, 0.15) is 52.4 Å². The Labute approximate surface area is 111 Å². The molecule has 0 aromatic carbocycles. The number of rotatable bonds is 7. The van der Waals surface area contributed by atoms with Crippen molar-refractivity contribution in [3.05, 3.63) is 0 Å². The Hall–Kier alpha value is -0.850. The van der Waals surface area contributed by atoms with Crippen LogP contribution in [0, 0.1) is 0 Å². The van der Waals surface area contributed by atoms with E-state index in [4.69, 9.17) is 5.11 Å². The van der Waals surface area contributed by atoms with Crippen LogP contribution in [0.15, 0.2) is 10.2 Å². The first-order valence-corrected chi connectivity index (χ1v) is 6.42. The minimum Gasteiger partial charge on any atom is -0.370 e. The number of hydrazine groups is 1. The highest BCUT2D eigenvalue weighted by atomic mass is 16.3. The van der Waals surface area contributed by atoms with Crippen LogP contribution < -0.4 is 11.3 Å². The molecule has 0 saturated heterocycles. The predicted octanol–water partition coefficient (Wildman–Crippen LogP) is 2.03. The lowest BCUT2D eigenvalue weighted by Gasteiger charge is -1.99. The zero-order chi connectivity index (χ0) is 14.6. The fourth-order valence-electron chi connectivity index (χ4n) is 0.865. The Morgan fingerprint density at radius 3 is 2.11 bits per heavy atom. The SMILES string of the molecule is CCCCC(O)N=NC.CCCCC=O.CNN. The standard InChI is InChI=1S/C6H14N2O.C5H10O.CH6N2/c1-3-4-5-6(9)8-7-2;1-2-3-4-5-6;1-3-2/h6,9H,3-5H2,1-2H3;5H,2-4H2,1H3;3H,2H2,1H3. The molecule has 0 aliphatic rings. The van der Waals surface area contributed by atoms with E-state index in [9.17, 15) is 4.79 Å². The molecule has 0 saturated carbocycles. The molecule has 6 heteroatoms. The zero-order valence-corrected chi connectivity index (χ0v) is 12.2. The van der Waals surface area contributed by atoms with Gasteiger partial charge < -0.3 is 9.90 Å².